The lowest BCUT2D eigenvalue weighted by molar-refractivity contribution is 0.102. The normalized spacial score (nSPS) is 11.3. The molecule has 0 aliphatic heterocycles. The second-order valence-electron chi connectivity index (χ2n) is 6.93. The number of aromatic nitrogens is 1. The highest BCUT2D eigenvalue weighted by atomic mass is 16.1. The Morgan fingerprint density at radius 2 is 1.83 bits per heavy atom. The van der Waals surface area contributed by atoms with E-state index in [0.717, 1.165) is 17.8 Å². The number of benzene rings is 1. The van der Waals surface area contributed by atoms with Gasteiger partial charge in [0.2, 0.25) is 0 Å². The number of aryl methyl sites for hydroxylation is 1. The van der Waals surface area contributed by atoms with E-state index in [-0.39, 0.29) is 11.3 Å². The maximum atomic E-state index is 12.4. The maximum absolute atomic E-state index is 12.4. The summed E-state index contributed by atoms with van der Waals surface area (Å²) in [6.07, 6.45) is 5.17. The third-order valence-corrected chi connectivity index (χ3v) is 3.82. The summed E-state index contributed by atoms with van der Waals surface area (Å²) >= 11 is 0. The predicted molar refractivity (Wildman–Crippen MR) is 95.9 cm³/mol. The van der Waals surface area contributed by atoms with Gasteiger partial charge in [-0.1, -0.05) is 46.2 Å². The van der Waals surface area contributed by atoms with E-state index in [1.807, 2.05) is 18.2 Å². The number of carbonyl (C=O) groups excluding carboxylic acids is 1. The van der Waals surface area contributed by atoms with Gasteiger partial charge in [-0.05, 0) is 42.7 Å². The molecule has 0 aliphatic carbocycles. The molecule has 1 amide bonds. The molecule has 0 atom stereocenters. The molecule has 0 spiro atoms. The third-order valence-electron chi connectivity index (χ3n) is 3.82. The first-order valence-corrected chi connectivity index (χ1v) is 8.27. The molecule has 1 aromatic heterocycles. The van der Waals surface area contributed by atoms with Crippen LogP contribution < -0.4 is 5.32 Å². The highest BCUT2D eigenvalue weighted by Gasteiger charge is 2.17. The van der Waals surface area contributed by atoms with E-state index >= 15 is 0 Å². The highest BCUT2D eigenvalue weighted by molar-refractivity contribution is 6.04. The Hall–Kier alpha value is -2.16. The molecule has 3 nitrogen and oxygen atoms in total. The van der Waals surface area contributed by atoms with Crippen molar-refractivity contribution in [2.75, 3.05) is 5.32 Å². The van der Waals surface area contributed by atoms with Crippen LogP contribution in [0.25, 0.3) is 0 Å². The number of nitrogens with zero attached hydrogens (tertiary/aromatic N) is 1. The minimum Gasteiger partial charge on any atom is -0.322 e. The molecule has 3 heteroatoms. The topological polar surface area (TPSA) is 42.0 Å². The van der Waals surface area contributed by atoms with Gasteiger partial charge in [0.05, 0.1) is 0 Å². The average Bonchev–Trinajstić information content (AvgIpc) is 2.53. The molecule has 1 N–H and O–H groups in total. The van der Waals surface area contributed by atoms with Crippen LogP contribution in [-0.4, -0.2) is 10.9 Å². The zero-order valence-electron chi connectivity index (χ0n) is 14.5. The van der Waals surface area contributed by atoms with Crippen molar-refractivity contribution in [2.24, 2.45) is 0 Å². The van der Waals surface area contributed by atoms with Crippen LogP contribution in [0.2, 0.25) is 0 Å². The first-order valence-electron chi connectivity index (χ1n) is 8.27. The number of anilines is 1. The van der Waals surface area contributed by atoms with Gasteiger partial charge in [0.25, 0.3) is 5.91 Å². The van der Waals surface area contributed by atoms with Crippen molar-refractivity contribution in [3.05, 3.63) is 59.4 Å². The molecule has 0 bridgehead atoms. The zero-order valence-corrected chi connectivity index (χ0v) is 14.5. The Bertz CT molecular complexity index is 654. The number of rotatable bonds is 5. The fraction of sp³-hybridized carbons (Fsp3) is 0.400. The van der Waals surface area contributed by atoms with E-state index in [1.165, 1.54) is 18.4 Å². The van der Waals surface area contributed by atoms with E-state index in [9.17, 15) is 4.79 Å². The van der Waals surface area contributed by atoms with Crippen LogP contribution in [0.15, 0.2) is 42.6 Å². The summed E-state index contributed by atoms with van der Waals surface area (Å²) in [7, 11) is 0. The fourth-order valence-corrected chi connectivity index (χ4v) is 2.32. The van der Waals surface area contributed by atoms with Gasteiger partial charge in [-0.15, -0.1) is 0 Å². The van der Waals surface area contributed by atoms with Crippen molar-refractivity contribution in [3.63, 3.8) is 0 Å². The molecule has 23 heavy (non-hydrogen) atoms. The number of hydrogen-bond donors (Lipinski definition) is 1. The van der Waals surface area contributed by atoms with Gasteiger partial charge in [-0.3, -0.25) is 9.78 Å². The number of unbranched alkanes of at least 4 members (excludes halogenated alkanes) is 1. The van der Waals surface area contributed by atoms with Crippen molar-refractivity contribution in [1.29, 1.82) is 0 Å². The van der Waals surface area contributed by atoms with E-state index < -0.39 is 0 Å². The molecule has 0 unspecified atom stereocenters. The largest absolute Gasteiger partial charge is 0.322 e. The van der Waals surface area contributed by atoms with E-state index in [0.29, 0.717) is 5.56 Å². The smallest absolute Gasteiger partial charge is 0.255 e. The molecule has 1 aromatic carbocycles. The van der Waals surface area contributed by atoms with Gasteiger partial charge in [0.15, 0.2) is 0 Å². The van der Waals surface area contributed by atoms with Crippen molar-refractivity contribution in [2.45, 2.75) is 52.4 Å². The van der Waals surface area contributed by atoms with Crippen molar-refractivity contribution >= 4 is 11.6 Å². The molecule has 1 heterocycles. The van der Waals surface area contributed by atoms with Crippen LogP contribution >= 0.6 is 0 Å². The Balaban J connectivity index is 2.07. The SMILES string of the molecule is CCCCc1ccc(NC(=O)c2ccnc(C(C)(C)C)c2)cc1. The molecule has 0 saturated carbocycles. The second kappa shape index (κ2) is 7.40. The lowest BCUT2D eigenvalue weighted by atomic mass is 9.91. The predicted octanol–water partition coefficient (Wildman–Crippen LogP) is 4.97. The van der Waals surface area contributed by atoms with E-state index in [1.54, 1.807) is 12.3 Å². The summed E-state index contributed by atoms with van der Waals surface area (Å²) < 4.78 is 0. The Morgan fingerprint density at radius 1 is 1.13 bits per heavy atom. The summed E-state index contributed by atoms with van der Waals surface area (Å²) in [5.41, 5.74) is 3.62. The molecular formula is C20H26N2O. The molecule has 2 rings (SSSR count). The van der Waals surface area contributed by atoms with Crippen molar-refractivity contribution in [3.8, 4) is 0 Å². The summed E-state index contributed by atoms with van der Waals surface area (Å²) in [5, 5.41) is 2.95. The Labute approximate surface area is 139 Å². The van der Waals surface area contributed by atoms with Crippen molar-refractivity contribution in [1.82, 2.24) is 4.98 Å². The second-order valence-corrected chi connectivity index (χ2v) is 6.93. The summed E-state index contributed by atoms with van der Waals surface area (Å²) in [4.78, 5) is 16.8. The monoisotopic (exact) mass is 310 g/mol. The Morgan fingerprint density at radius 3 is 2.43 bits per heavy atom. The number of nitrogens with one attached hydrogen (secondary N) is 1. The van der Waals surface area contributed by atoms with Crippen LogP contribution in [0.3, 0.4) is 0 Å². The summed E-state index contributed by atoms with van der Waals surface area (Å²) in [6, 6.07) is 11.7. The van der Waals surface area contributed by atoms with Gasteiger partial charge in [-0.2, -0.15) is 0 Å². The van der Waals surface area contributed by atoms with Crippen LogP contribution in [0.4, 0.5) is 5.69 Å². The van der Waals surface area contributed by atoms with E-state index in [2.05, 4.69) is 50.1 Å². The molecule has 122 valence electrons. The minimum atomic E-state index is -0.0980. The molecule has 0 saturated heterocycles. The number of pyridine rings is 1. The average molecular weight is 310 g/mol. The summed E-state index contributed by atoms with van der Waals surface area (Å²) in [6.45, 7) is 8.46. The number of hydrogen-bond acceptors (Lipinski definition) is 2. The molecule has 2 aromatic rings. The first kappa shape index (κ1) is 17.2. The highest BCUT2D eigenvalue weighted by Crippen LogP contribution is 2.21. The minimum absolute atomic E-state index is 0.0722. The van der Waals surface area contributed by atoms with Gasteiger partial charge in [0, 0.05) is 28.6 Å². The quantitative estimate of drug-likeness (QED) is 0.846. The van der Waals surface area contributed by atoms with Gasteiger partial charge < -0.3 is 5.32 Å². The van der Waals surface area contributed by atoms with Gasteiger partial charge in [-0.25, -0.2) is 0 Å². The lowest BCUT2D eigenvalue weighted by Gasteiger charge is -2.18. The van der Waals surface area contributed by atoms with Crippen LogP contribution in [0.5, 0.6) is 0 Å². The first-order chi connectivity index (χ1) is 10.9. The van der Waals surface area contributed by atoms with E-state index in [4.69, 9.17) is 0 Å². The lowest BCUT2D eigenvalue weighted by Crippen LogP contribution is -2.17. The maximum Gasteiger partial charge on any atom is 0.255 e. The van der Waals surface area contributed by atoms with Crippen LogP contribution in [-0.2, 0) is 11.8 Å². The Kier molecular flexibility index (Phi) is 5.54. The molecule has 0 radical (unpaired) electrons. The summed E-state index contributed by atoms with van der Waals surface area (Å²) in [5.74, 6) is -0.0980. The van der Waals surface area contributed by atoms with Gasteiger partial charge in [0.1, 0.15) is 0 Å². The third kappa shape index (κ3) is 4.92. The van der Waals surface area contributed by atoms with Crippen LogP contribution in [0.1, 0.15) is 62.2 Å². The van der Waals surface area contributed by atoms with Crippen molar-refractivity contribution < 1.29 is 4.79 Å². The molecule has 0 aliphatic rings. The van der Waals surface area contributed by atoms with Gasteiger partial charge >= 0.3 is 0 Å². The van der Waals surface area contributed by atoms with Crippen LogP contribution in [0, 0.1) is 0 Å². The fourth-order valence-electron chi connectivity index (χ4n) is 2.32. The standard InChI is InChI=1S/C20H26N2O/c1-5-6-7-15-8-10-17(11-9-15)22-19(23)16-12-13-21-18(14-16)20(2,3)4/h8-14H,5-7H2,1-4H3,(H,22,23). The number of carbonyl (C=O) groups is 1. The number of amides is 1. The molecule has 0 fully saturated rings. The molecular weight excluding hydrogens is 284 g/mol. The zero-order chi connectivity index (χ0) is 16.9.